The van der Waals surface area contributed by atoms with E-state index in [1.165, 1.54) is 25.5 Å². The number of amides is 1. The number of carbonyl (C=O) groups is 1. The van der Waals surface area contributed by atoms with E-state index in [0.717, 1.165) is 10.8 Å². The quantitative estimate of drug-likeness (QED) is 0.881. The molecule has 0 unspecified atom stereocenters. The number of benzene rings is 1. The highest BCUT2D eigenvalue weighted by molar-refractivity contribution is 7.14. The molecule has 2 aromatic rings. The van der Waals surface area contributed by atoms with Gasteiger partial charge in [-0.2, -0.15) is 0 Å². The van der Waals surface area contributed by atoms with Gasteiger partial charge in [0.05, 0.1) is 7.11 Å². The normalized spacial score (nSPS) is 10.3. The molecular weight excluding hydrogens is 286 g/mol. The zero-order chi connectivity index (χ0) is 13.8. The van der Waals surface area contributed by atoms with Crippen molar-refractivity contribution < 1.29 is 9.63 Å². The summed E-state index contributed by atoms with van der Waals surface area (Å²) in [5, 5.41) is 7.21. The molecule has 100 valence electrons. The van der Waals surface area contributed by atoms with Crippen molar-refractivity contribution >= 4 is 39.7 Å². The number of thiazole rings is 1. The van der Waals surface area contributed by atoms with Gasteiger partial charge in [0.15, 0.2) is 5.13 Å². The summed E-state index contributed by atoms with van der Waals surface area (Å²) in [7, 11) is 2.96. The lowest BCUT2D eigenvalue weighted by molar-refractivity contribution is -0.0759. The zero-order valence-corrected chi connectivity index (χ0v) is 12.0. The average molecular weight is 298 g/mol. The van der Waals surface area contributed by atoms with Crippen LogP contribution in [0, 0.1) is 0 Å². The first-order valence-electron chi connectivity index (χ1n) is 5.40. The fourth-order valence-electron chi connectivity index (χ4n) is 1.33. The van der Waals surface area contributed by atoms with E-state index in [9.17, 15) is 4.79 Å². The summed E-state index contributed by atoms with van der Waals surface area (Å²) in [4.78, 5) is 20.8. The molecule has 1 heterocycles. The summed E-state index contributed by atoms with van der Waals surface area (Å²) in [6, 6.07) is 7.24. The highest BCUT2D eigenvalue weighted by atomic mass is 35.5. The van der Waals surface area contributed by atoms with Gasteiger partial charge in [0.1, 0.15) is 5.69 Å². The molecule has 0 aliphatic heterocycles. The molecule has 0 spiro atoms. The third kappa shape index (κ3) is 3.44. The van der Waals surface area contributed by atoms with Crippen LogP contribution in [0.15, 0.2) is 29.6 Å². The van der Waals surface area contributed by atoms with E-state index < -0.39 is 0 Å². The van der Waals surface area contributed by atoms with E-state index in [-0.39, 0.29) is 5.91 Å². The van der Waals surface area contributed by atoms with Crippen molar-refractivity contribution in [3.63, 3.8) is 0 Å². The molecule has 0 saturated carbocycles. The molecule has 1 N–H and O–H groups in total. The molecule has 0 aliphatic rings. The summed E-state index contributed by atoms with van der Waals surface area (Å²) >= 11 is 7.15. The molecule has 0 atom stereocenters. The van der Waals surface area contributed by atoms with Crippen molar-refractivity contribution in [3.05, 3.63) is 40.4 Å². The second-order valence-electron chi connectivity index (χ2n) is 3.65. The van der Waals surface area contributed by atoms with Crippen LogP contribution in [0.1, 0.15) is 10.5 Å². The van der Waals surface area contributed by atoms with Crippen LogP contribution < -0.4 is 5.32 Å². The van der Waals surface area contributed by atoms with Crippen molar-refractivity contribution in [2.45, 2.75) is 0 Å². The SMILES string of the molecule is CON(C)C(=O)c1csc(Nc2ccc(Cl)cc2)n1. The van der Waals surface area contributed by atoms with E-state index in [0.29, 0.717) is 15.8 Å². The molecule has 1 aromatic carbocycles. The molecule has 0 radical (unpaired) electrons. The van der Waals surface area contributed by atoms with Crippen LogP contribution in [-0.4, -0.2) is 30.1 Å². The molecule has 0 bridgehead atoms. The Morgan fingerprint density at radius 2 is 2.11 bits per heavy atom. The lowest BCUT2D eigenvalue weighted by atomic mass is 10.3. The van der Waals surface area contributed by atoms with Crippen molar-refractivity contribution in [1.29, 1.82) is 0 Å². The number of hydrogen-bond donors (Lipinski definition) is 1. The van der Waals surface area contributed by atoms with Crippen LogP contribution >= 0.6 is 22.9 Å². The van der Waals surface area contributed by atoms with Crippen LogP contribution in [0.5, 0.6) is 0 Å². The first kappa shape index (κ1) is 13.8. The number of halogens is 1. The minimum absolute atomic E-state index is 0.289. The Balaban J connectivity index is 2.09. The Hall–Kier alpha value is -1.63. The van der Waals surface area contributed by atoms with E-state index in [2.05, 4.69) is 10.3 Å². The van der Waals surface area contributed by atoms with E-state index >= 15 is 0 Å². The average Bonchev–Trinajstić information content (AvgIpc) is 2.88. The lowest BCUT2D eigenvalue weighted by Gasteiger charge is -2.11. The summed E-state index contributed by atoms with van der Waals surface area (Å²) in [5.74, 6) is -0.289. The number of hydrogen-bond acceptors (Lipinski definition) is 5. The van der Waals surface area contributed by atoms with Gasteiger partial charge in [-0.05, 0) is 24.3 Å². The summed E-state index contributed by atoms with van der Waals surface area (Å²) in [6.45, 7) is 0. The molecule has 2 rings (SSSR count). The molecule has 5 nitrogen and oxygen atoms in total. The van der Waals surface area contributed by atoms with Gasteiger partial charge in [0, 0.05) is 23.1 Å². The molecular formula is C12H12ClN3O2S. The van der Waals surface area contributed by atoms with Crippen LogP contribution in [0.4, 0.5) is 10.8 Å². The molecule has 1 aromatic heterocycles. The van der Waals surface area contributed by atoms with Gasteiger partial charge in [-0.1, -0.05) is 11.6 Å². The maximum atomic E-state index is 11.8. The lowest BCUT2D eigenvalue weighted by Crippen LogP contribution is -2.25. The predicted molar refractivity (Wildman–Crippen MR) is 76.0 cm³/mol. The van der Waals surface area contributed by atoms with Crippen LogP contribution in [0.3, 0.4) is 0 Å². The molecule has 0 saturated heterocycles. The number of aromatic nitrogens is 1. The van der Waals surface area contributed by atoms with Gasteiger partial charge >= 0.3 is 0 Å². The van der Waals surface area contributed by atoms with Gasteiger partial charge in [0.25, 0.3) is 5.91 Å². The maximum absolute atomic E-state index is 11.8. The Bertz CT molecular complexity index is 571. The van der Waals surface area contributed by atoms with Gasteiger partial charge in [-0.15, -0.1) is 11.3 Å². The number of rotatable bonds is 4. The second-order valence-corrected chi connectivity index (χ2v) is 4.95. The summed E-state index contributed by atoms with van der Waals surface area (Å²) in [5.41, 5.74) is 1.20. The topological polar surface area (TPSA) is 54.5 Å². The maximum Gasteiger partial charge on any atom is 0.296 e. The summed E-state index contributed by atoms with van der Waals surface area (Å²) in [6.07, 6.45) is 0. The number of nitrogens with one attached hydrogen (secondary N) is 1. The first-order chi connectivity index (χ1) is 9.10. The number of nitrogens with zero attached hydrogens (tertiary/aromatic N) is 2. The van der Waals surface area contributed by atoms with E-state index in [1.54, 1.807) is 17.5 Å². The molecule has 1 amide bonds. The Morgan fingerprint density at radius 3 is 2.74 bits per heavy atom. The molecule has 0 aliphatic carbocycles. The molecule has 19 heavy (non-hydrogen) atoms. The highest BCUT2D eigenvalue weighted by Gasteiger charge is 2.15. The number of hydroxylamine groups is 2. The second kappa shape index (κ2) is 6.01. The van der Waals surface area contributed by atoms with Crippen LogP contribution in [0.25, 0.3) is 0 Å². The minimum atomic E-state index is -0.289. The third-order valence-electron chi connectivity index (χ3n) is 2.38. The first-order valence-corrected chi connectivity index (χ1v) is 6.66. The van der Waals surface area contributed by atoms with Crippen molar-refractivity contribution in [3.8, 4) is 0 Å². The smallest absolute Gasteiger partial charge is 0.296 e. The van der Waals surface area contributed by atoms with Crippen molar-refractivity contribution in [1.82, 2.24) is 10.0 Å². The van der Waals surface area contributed by atoms with Gasteiger partial charge in [-0.3, -0.25) is 9.63 Å². The van der Waals surface area contributed by atoms with Gasteiger partial charge < -0.3 is 5.32 Å². The molecule has 0 fully saturated rings. The predicted octanol–water partition coefficient (Wildman–Crippen LogP) is 3.17. The highest BCUT2D eigenvalue weighted by Crippen LogP contribution is 2.22. The largest absolute Gasteiger partial charge is 0.332 e. The zero-order valence-electron chi connectivity index (χ0n) is 10.4. The van der Waals surface area contributed by atoms with E-state index in [1.807, 2.05) is 12.1 Å². The Morgan fingerprint density at radius 1 is 1.42 bits per heavy atom. The van der Waals surface area contributed by atoms with Crippen molar-refractivity contribution in [2.75, 3.05) is 19.5 Å². The van der Waals surface area contributed by atoms with E-state index in [4.69, 9.17) is 16.4 Å². The fourth-order valence-corrected chi connectivity index (χ4v) is 2.16. The number of carbonyl (C=O) groups excluding carboxylic acids is 1. The number of anilines is 2. The monoisotopic (exact) mass is 297 g/mol. The van der Waals surface area contributed by atoms with Crippen LogP contribution in [-0.2, 0) is 4.84 Å². The van der Waals surface area contributed by atoms with Gasteiger partial charge in [0.2, 0.25) is 0 Å². The van der Waals surface area contributed by atoms with Crippen molar-refractivity contribution in [2.24, 2.45) is 0 Å². The van der Waals surface area contributed by atoms with Gasteiger partial charge in [-0.25, -0.2) is 10.0 Å². The van der Waals surface area contributed by atoms with Crippen LogP contribution in [0.2, 0.25) is 5.02 Å². The Kier molecular flexibility index (Phi) is 4.36. The summed E-state index contributed by atoms with van der Waals surface area (Å²) < 4.78 is 0. The molecule has 7 heteroatoms. The third-order valence-corrected chi connectivity index (χ3v) is 3.39. The fraction of sp³-hybridized carbons (Fsp3) is 0.167. The standard InChI is InChI=1S/C12H12ClN3O2S/c1-16(18-2)11(17)10-7-19-12(15-10)14-9-5-3-8(13)4-6-9/h3-7H,1-2H3,(H,14,15). The minimum Gasteiger partial charge on any atom is -0.332 e. The Labute approximate surface area is 119 Å².